The van der Waals surface area contributed by atoms with Crippen LogP contribution in [0.1, 0.15) is 37.7 Å². The second-order valence-corrected chi connectivity index (χ2v) is 8.18. The molecule has 4 rings (SSSR count). The van der Waals surface area contributed by atoms with Crippen LogP contribution < -0.4 is 19.5 Å². The fraction of sp³-hybridized carbons (Fsp3) is 0.609. The van der Waals surface area contributed by atoms with Crippen molar-refractivity contribution >= 4 is 12.0 Å². The van der Waals surface area contributed by atoms with E-state index in [0.29, 0.717) is 37.0 Å². The molecule has 2 aliphatic heterocycles. The largest absolute Gasteiger partial charge is 0.493 e. The van der Waals surface area contributed by atoms with Gasteiger partial charge in [0.05, 0.1) is 20.3 Å². The van der Waals surface area contributed by atoms with Gasteiger partial charge in [0.1, 0.15) is 13.2 Å². The summed E-state index contributed by atoms with van der Waals surface area (Å²) < 4.78 is 22.2. The van der Waals surface area contributed by atoms with Gasteiger partial charge in [-0.05, 0) is 36.6 Å². The maximum absolute atomic E-state index is 12.6. The molecule has 2 fully saturated rings. The first-order valence-corrected chi connectivity index (χ1v) is 11.0. The van der Waals surface area contributed by atoms with Crippen molar-refractivity contribution in [3.8, 4) is 17.2 Å². The van der Waals surface area contributed by atoms with Gasteiger partial charge >= 0.3 is 0 Å². The Morgan fingerprint density at radius 3 is 2.67 bits per heavy atom. The number of hydrogen-bond acceptors (Lipinski definition) is 6. The van der Waals surface area contributed by atoms with Gasteiger partial charge in [0.2, 0.25) is 11.7 Å². The minimum Gasteiger partial charge on any atom is -0.493 e. The van der Waals surface area contributed by atoms with Crippen LogP contribution in [0.25, 0.3) is 6.08 Å². The Morgan fingerprint density at radius 1 is 1.13 bits per heavy atom. The summed E-state index contributed by atoms with van der Waals surface area (Å²) in [5.41, 5.74) is 0.901. The topological polar surface area (TPSA) is 69.3 Å². The number of carbonyl (C=O) groups is 1. The van der Waals surface area contributed by atoms with E-state index in [9.17, 15) is 4.79 Å². The van der Waals surface area contributed by atoms with Crippen molar-refractivity contribution in [1.29, 1.82) is 0 Å². The van der Waals surface area contributed by atoms with Crippen molar-refractivity contribution in [2.24, 2.45) is 0 Å². The molecule has 1 aromatic rings. The van der Waals surface area contributed by atoms with Crippen molar-refractivity contribution in [3.63, 3.8) is 0 Å². The first kappa shape index (κ1) is 21.0. The lowest BCUT2D eigenvalue weighted by Crippen LogP contribution is -2.59. The number of hydrogen-bond donors (Lipinski definition) is 1. The van der Waals surface area contributed by atoms with E-state index < -0.39 is 0 Å². The van der Waals surface area contributed by atoms with Gasteiger partial charge in [0, 0.05) is 31.2 Å². The number of nitrogens with one attached hydrogen (secondary N) is 1. The average molecular weight is 417 g/mol. The number of amides is 1. The molecule has 0 bridgehead atoms. The molecule has 30 heavy (non-hydrogen) atoms. The predicted molar refractivity (Wildman–Crippen MR) is 114 cm³/mol. The summed E-state index contributed by atoms with van der Waals surface area (Å²) >= 11 is 0. The highest BCUT2D eigenvalue weighted by molar-refractivity contribution is 5.92. The number of morpholine rings is 1. The highest BCUT2D eigenvalue weighted by atomic mass is 16.6. The van der Waals surface area contributed by atoms with Crippen LogP contribution in [0.15, 0.2) is 18.2 Å². The molecule has 164 valence electrons. The minimum absolute atomic E-state index is 0.0613. The third kappa shape index (κ3) is 4.73. The number of nitrogens with zero attached hydrogens (tertiary/aromatic N) is 1. The zero-order valence-electron chi connectivity index (χ0n) is 17.8. The molecular weight excluding hydrogens is 384 g/mol. The average Bonchev–Trinajstić information content (AvgIpc) is 2.82. The van der Waals surface area contributed by atoms with Gasteiger partial charge in [-0.25, -0.2) is 0 Å². The molecule has 1 aliphatic carbocycles. The van der Waals surface area contributed by atoms with Crippen LogP contribution in [0, 0.1) is 0 Å². The molecule has 1 N–H and O–H groups in total. The van der Waals surface area contributed by atoms with Crippen molar-refractivity contribution < 1.29 is 23.7 Å². The number of benzene rings is 1. The van der Waals surface area contributed by atoms with Gasteiger partial charge < -0.3 is 24.3 Å². The molecule has 3 aliphatic rings. The van der Waals surface area contributed by atoms with Gasteiger partial charge in [-0.2, -0.15) is 0 Å². The Labute approximate surface area is 178 Å². The van der Waals surface area contributed by atoms with Crippen LogP contribution in [-0.4, -0.2) is 69.5 Å². The second kappa shape index (κ2) is 9.71. The Bertz CT molecular complexity index is 750. The summed E-state index contributed by atoms with van der Waals surface area (Å²) in [6.45, 7) is 5.15. The molecule has 0 aromatic heterocycles. The molecule has 0 atom stereocenters. The Hall–Kier alpha value is -2.25. The molecule has 1 amide bonds. The summed E-state index contributed by atoms with van der Waals surface area (Å²) in [6, 6.07) is 3.73. The van der Waals surface area contributed by atoms with Crippen molar-refractivity contribution in [1.82, 2.24) is 10.2 Å². The lowest BCUT2D eigenvalue weighted by atomic mass is 9.79. The van der Waals surface area contributed by atoms with E-state index in [4.69, 9.17) is 18.9 Å². The van der Waals surface area contributed by atoms with E-state index in [1.54, 1.807) is 19.3 Å². The fourth-order valence-corrected chi connectivity index (χ4v) is 4.72. The third-order valence-corrected chi connectivity index (χ3v) is 6.34. The van der Waals surface area contributed by atoms with Gasteiger partial charge in [-0.1, -0.05) is 19.3 Å². The summed E-state index contributed by atoms with van der Waals surface area (Å²) in [6.07, 6.45) is 9.37. The molecule has 1 saturated heterocycles. The number of rotatable bonds is 6. The van der Waals surface area contributed by atoms with Gasteiger partial charge in [-0.3, -0.25) is 9.69 Å². The maximum Gasteiger partial charge on any atom is 0.244 e. The quantitative estimate of drug-likeness (QED) is 0.719. The Morgan fingerprint density at radius 2 is 1.90 bits per heavy atom. The third-order valence-electron chi connectivity index (χ3n) is 6.34. The first-order chi connectivity index (χ1) is 14.7. The van der Waals surface area contributed by atoms with Crippen LogP contribution in [0.5, 0.6) is 17.2 Å². The monoisotopic (exact) mass is 416 g/mol. The zero-order chi connectivity index (χ0) is 20.8. The van der Waals surface area contributed by atoms with E-state index >= 15 is 0 Å². The van der Waals surface area contributed by atoms with Crippen molar-refractivity contribution in [3.05, 3.63) is 23.8 Å². The van der Waals surface area contributed by atoms with Gasteiger partial charge in [0.15, 0.2) is 11.5 Å². The standard InChI is InChI=1S/C23H32N2O5/c1-27-19-15-18(16-20-22(19)30-14-13-29-20)5-6-21(26)24-17-23(7-3-2-4-8-23)25-9-11-28-12-10-25/h5-6,15-16H,2-4,7-14,17H2,1H3,(H,24,26)/b6-5+. The van der Waals surface area contributed by atoms with E-state index in [2.05, 4.69) is 10.2 Å². The van der Waals surface area contributed by atoms with Crippen molar-refractivity contribution in [2.75, 3.05) is 53.2 Å². The van der Waals surface area contributed by atoms with Crippen molar-refractivity contribution in [2.45, 2.75) is 37.6 Å². The van der Waals surface area contributed by atoms with E-state index in [1.165, 1.54) is 19.3 Å². The lowest BCUT2D eigenvalue weighted by Gasteiger charge is -2.48. The number of methoxy groups -OCH3 is 1. The second-order valence-electron chi connectivity index (χ2n) is 8.18. The Kier molecular flexibility index (Phi) is 6.79. The highest BCUT2D eigenvalue weighted by Crippen LogP contribution is 2.40. The van der Waals surface area contributed by atoms with Crippen LogP contribution in [-0.2, 0) is 9.53 Å². The Balaban J connectivity index is 1.40. The maximum atomic E-state index is 12.6. The van der Waals surface area contributed by atoms with Crippen LogP contribution >= 0.6 is 0 Å². The molecule has 1 aromatic carbocycles. The minimum atomic E-state index is -0.0814. The highest BCUT2D eigenvalue weighted by Gasteiger charge is 2.38. The van der Waals surface area contributed by atoms with Crippen LogP contribution in [0.2, 0.25) is 0 Å². The van der Waals surface area contributed by atoms with E-state index in [1.807, 2.05) is 12.1 Å². The predicted octanol–water partition coefficient (Wildman–Crippen LogP) is 2.63. The summed E-state index contributed by atoms with van der Waals surface area (Å²) in [7, 11) is 1.60. The molecule has 0 spiro atoms. The molecule has 7 nitrogen and oxygen atoms in total. The summed E-state index contributed by atoms with van der Waals surface area (Å²) in [5.74, 6) is 1.80. The van der Waals surface area contributed by atoms with Crippen LogP contribution in [0.4, 0.5) is 0 Å². The first-order valence-electron chi connectivity index (χ1n) is 11.0. The van der Waals surface area contributed by atoms with Crippen LogP contribution in [0.3, 0.4) is 0 Å². The van der Waals surface area contributed by atoms with Gasteiger partial charge in [0.25, 0.3) is 0 Å². The molecule has 2 heterocycles. The molecule has 1 saturated carbocycles. The summed E-state index contributed by atoms with van der Waals surface area (Å²) in [4.78, 5) is 15.1. The van der Waals surface area contributed by atoms with Gasteiger partial charge in [-0.15, -0.1) is 0 Å². The zero-order valence-corrected chi connectivity index (χ0v) is 17.8. The SMILES string of the molecule is COc1cc(/C=C/C(=O)NCC2(N3CCOCC3)CCCCC2)cc2c1OCCO2. The number of ether oxygens (including phenoxy) is 4. The molecule has 7 heteroatoms. The molecular formula is C23H32N2O5. The fourth-order valence-electron chi connectivity index (χ4n) is 4.72. The van der Waals surface area contributed by atoms with E-state index in [0.717, 1.165) is 44.7 Å². The number of carbonyl (C=O) groups excluding carboxylic acids is 1. The normalized spacial score (nSPS) is 21.4. The number of fused-ring (bicyclic) bond motifs is 1. The summed E-state index contributed by atoms with van der Waals surface area (Å²) in [5, 5.41) is 3.16. The van der Waals surface area contributed by atoms with E-state index in [-0.39, 0.29) is 11.4 Å². The molecule has 0 radical (unpaired) electrons. The molecule has 0 unspecified atom stereocenters. The smallest absolute Gasteiger partial charge is 0.244 e. The lowest BCUT2D eigenvalue weighted by molar-refractivity contribution is -0.117.